The molecule has 0 aliphatic heterocycles. The minimum absolute atomic E-state index is 0.192. The minimum Gasteiger partial charge on any atom is -0.481 e. The van der Waals surface area contributed by atoms with Crippen LogP contribution in [0.3, 0.4) is 0 Å². The van der Waals surface area contributed by atoms with E-state index in [-0.39, 0.29) is 6.61 Å². The third-order valence-corrected chi connectivity index (χ3v) is 4.19. The van der Waals surface area contributed by atoms with Crippen LogP contribution in [0.5, 0.6) is 11.5 Å². The van der Waals surface area contributed by atoms with Crippen LogP contribution in [0.1, 0.15) is 12.5 Å². The molecular weight excluding hydrogens is 426 g/mol. The molecule has 0 radical (unpaired) electrons. The van der Waals surface area contributed by atoms with Gasteiger partial charge in [-0.25, -0.2) is 5.43 Å². The van der Waals surface area contributed by atoms with Crippen molar-refractivity contribution in [3.05, 3.63) is 64.8 Å². The fourth-order valence-electron chi connectivity index (χ4n) is 2.38. The van der Waals surface area contributed by atoms with Gasteiger partial charge < -0.3 is 9.47 Å². The number of rotatable bonds is 6. The molecule has 1 heterocycles. The Hall–Kier alpha value is -3.26. The van der Waals surface area contributed by atoms with E-state index in [2.05, 4.69) is 31.4 Å². The third kappa shape index (κ3) is 5.14. The van der Waals surface area contributed by atoms with Crippen LogP contribution in [-0.4, -0.2) is 29.7 Å². The number of hydrogen-bond acceptors (Lipinski definition) is 6. The zero-order valence-electron chi connectivity index (χ0n) is 14.9. The number of nitrogens with zero attached hydrogens (tertiary/aromatic N) is 2. The number of carbonyl (C=O) groups is 2. The van der Waals surface area contributed by atoms with Gasteiger partial charge in [-0.2, -0.15) is 5.10 Å². The van der Waals surface area contributed by atoms with E-state index in [9.17, 15) is 9.59 Å². The number of aromatic nitrogens is 1. The quantitative estimate of drug-likeness (QED) is 0.273. The predicted octanol–water partition coefficient (Wildman–Crippen LogP) is 3.45. The lowest BCUT2D eigenvalue weighted by molar-refractivity contribution is -0.132. The van der Waals surface area contributed by atoms with Crippen LogP contribution in [0.15, 0.2) is 64.3 Å². The summed E-state index contributed by atoms with van der Waals surface area (Å²) in [4.78, 5) is 27.2. The van der Waals surface area contributed by atoms with E-state index >= 15 is 0 Å². The van der Waals surface area contributed by atoms with Gasteiger partial charge in [-0.1, -0.05) is 18.2 Å². The van der Waals surface area contributed by atoms with Gasteiger partial charge in [0.15, 0.2) is 6.61 Å². The van der Waals surface area contributed by atoms with Gasteiger partial charge in [0, 0.05) is 18.5 Å². The highest BCUT2D eigenvalue weighted by molar-refractivity contribution is 9.10. The molecule has 1 aromatic heterocycles. The van der Waals surface area contributed by atoms with Gasteiger partial charge >= 0.3 is 5.97 Å². The van der Waals surface area contributed by atoms with E-state index < -0.39 is 11.9 Å². The Kier molecular flexibility index (Phi) is 6.33. The number of ether oxygens (including phenoxy) is 2. The summed E-state index contributed by atoms with van der Waals surface area (Å²) in [6, 6.07) is 14.3. The second kappa shape index (κ2) is 9.09. The van der Waals surface area contributed by atoms with Crippen LogP contribution in [0.4, 0.5) is 0 Å². The molecule has 1 N–H and O–H groups in total. The maximum absolute atomic E-state index is 11.9. The molecule has 3 aromatic rings. The second-order valence-electron chi connectivity index (χ2n) is 5.70. The normalized spacial score (nSPS) is 10.8. The van der Waals surface area contributed by atoms with Gasteiger partial charge in [0.1, 0.15) is 17.0 Å². The molecule has 0 saturated heterocycles. The molecular formula is C20H16BrN3O4. The van der Waals surface area contributed by atoms with Crippen molar-refractivity contribution in [3.8, 4) is 11.5 Å². The summed E-state index contributed by atoms with van der Waals surface area (Å²) in [5.41, 5.74) is 3.80. The first-order valence-corrected chi connectivity index (χ1v) is 9.08. The Morgan fingerprint density at radius 2 is 2.00 bits per heavy atom. The van der Waals surface area contributed by atoms with Gasteiger partial charge in [0.25, 0.3) is 5.91 Å². The van der Waals surface area contributed by atoms with E-state index in [1.165, 1.54) is 13.1 Å². The molecule has 0 aliphatic rings. The summed E-state index contributed by atoms with van der Waals surface area (Å²) in [5.74, 6) is 0.128. The van der Waals surface area contributed by atoms with Crippen LogP contribution in [-0.2, 0) is 9.59 Å². The van der Waals surface area contributed by atoms with Gasteiger partial charge in [-0.3, -0.25) is 14.6 Å². The fraction of sp³-hybridized carbons (Fsp3) is 0.100. The van der Waals surface area contributed by atoms with E-state index in [0.29, 0.717) is 27.1 Å². The number of para-hydroxylation sites is 1. The molecule has 3 rings (SSSR count). The molecule has 28 heavy (non-hydrogen) atoms. The van der Waals surface area contributed by atoms with Crippen molar-refractivity contribution in [2.75, 3.05) is 6.61 Å². The highest BCUT2D eigenvalue weighted by Crippen LogP contribution is 2.25. The zero-order valence-corrected chi connectivity index (χ0v) is 16.5. The second-order valence-corrected chi connectivity index (χ2v) is 6.55. The SMILES string of the molecule is CC(=O)Oc1ccc(/C=N\NC(=O)COc2cccc3cccnc23)cc1Br. The van der Waals surface area contributed by atoms with Crippen molar-refractivity contribution >= 4 is 44.9 Å². The summed E-state index contributed by atoms with van der Waals surface area (Å²) in [5, 5.41) is 4.83. The van der Waals surface area contributed by atoms with Gasteiger partial charge in [-0.05, 0) is 51.8 Å². The van der Waals surface area contributed by atoms with E-state index in [4.69, 9.17) is 9.47 Å². The number of nitrogens with one attached hydrogen (secondary N) is 1. The fourth-order valence-corrected chi connectivity index (χ4v) is 2.86. The molecule has 0 atom stereocenters. The van der Waals surface area contributed by atoms with Crippen molar-refractivity contribution in [1.82, 2.24) is 10.4 Å². The number of hydrazone groups is 1. The highest BCUT2D eigenvalue weighted by Gasteiger charge is 2.07. The summed E-state index contributed by atoms with van der Waals surface area (Å²) in [6.45, 7) is 1.13. The van der Waals surface area contributed by atoms with E-state index in [0.717, 1.165) is 5.39 Å². The molecule has 8 heteroatoms. The zero-order chi connectivity index (χ0) is 19.9. The van der Waals surface area contributed by atoms with Crippen LogP contribution in [0.25, 0.3) is 10.9 Å². The Bertz CT molecular complexity index is 1050. The standard InChI is InChI=1S/C20H16BrN3O4/c1-13(25)28-17-8-7-14(10-16(17)21)11-23-24-19(26)12-27-18-6-2-4-15-5-3-9-22-20(15)18/h2-11H,12H2,1H3,(H,24,26)/b23-11-. The van der Waals surface area contributed by atoms with Gasteiger partial charge in [0.2, 0.25) is 0 Å². The van der Waals surface area contributed by atoms with Crippen molar-refractivity contribution in [2.45, 2.75) is 6.92 Å². The number of fused-ring (bicyclic) bond motifs is 1. The summed E-state index contributed by atoms with van der Waals surface area (Å²) in [7, 11) is 0. The highest BCUT2D eigenvalue weighted by atomic mass is 79.9. The van der Waals surface area contributed by atoms with Crippen molar-refractivity contribution in [3.63, 3.8) is 0 Å². The summed E-state index contributed by atoms with van der Waals surface area (Å²) < 4.78 is 11.2. The van der Waals surface area contributed by atoms with Crippen LogP contribution in [0.2, 0.25) is 0 Å². The molecule has 0 fully saturated rings. The predicted molar refractivity (Wildman–Crippen MR) is 108 cm³/mol. The van der Waals surface area contributed by atoms with Crippen molar-refractivity contribution in [2.24, 2.45) is 5.10 Å². The number of amides is 1. The topological polar surface area (TPSA) is 89.9 Å². The number of carbonyl (C=O) groups excluding carboxylic acids is 2. The molecule has 0 unspecified atom stereocenters. The smallest absolute Gasteiger partial charge is 0.308 e. The molecule has 0 bridgehead atoms. The maximum atomic E-state index is 11.9. The number of hydrogen-bond donors (Lipinski definition) is 1. The summed E-state index contributed by atoms with van der Waals surface area (Å²) >= 11 is 3.31. The minimum atomic E-state index is -0.407. The number of benzene rings is 2. The Labute approximate surface area is 169 Å². The molecule has 7 nitrogen and oxygen atoms in total. The number of pyridine rings is 1. The number of halogens is 1. The third-order valence-electron chi connectivity index (χ3n) is 3.57. The Morgan fingerprint density at radius 1 is 1.18 bits per heavy atom. The van der Waals surface area contributed by atoms with E-state index in [1.54, 1.807) is 30.5 Å². The lowest BCUT2D eigenvalue weighted by atomic mass is 10.2. The molecule has 0 aliphatic carbocycles. The Morgan fingerprint density at radius 3 is 2.79 bits per heavy atom. The average molecular weight is 442 g/mol. The molecule has 142 valence electrons. The maximum Gasteiger partial charge on any atom is 0.308 e. The van der Waals surface area contributed by atoms with E-state index in [1.807, 2.05) is 24.3 Å². The summed E-state index contributed by atoms with van der Waals surface area (Å²) in [6.07, 6.45) is 3.14. The molecule has 2 aromatic carbocycles. The largest absolute Gasteiger partial charge is 0.481 e. The first-order chi connectivity index (χ1) is 13.5. The van der Waals surface area contributed by atoms with Crippen LogP contribution in [0, 0.1) is 0 Å². The molecule has 1 amide bonds. The lowest BCUT2D eigenvalue weighted by Crippen LogP contribution is -2.24. The van der Waals surface area contributed by atoms with Crippen molar-refractivity contribution in [1.29, 1.82) is 0 Å². The average Bonchev–Trinajstić information content (AvgIpc) is 2.68. The van der Waals surface area contributed by atoms with Crippen LogP contribution >= 0.6 is 15.9 Å². The molecule has 0 saturated carbocycles. The number of esters is 1. The first-order valence-electron chi connectivity index (χ1n) is 8.29. The van der Waals surface area contributed by atoms with Gasteiger partial charge in [0.05, 0.1) is 10.7 Å². The lowest BCUT2D eigenvalue weighted by Gasteiger charge is -2.07. The first kappa shape index (κ1) is 19.5. The van der Waals surface area contributed by atoms with Gasteiger partial charge in [-0.15, -0.1) is 0 Å². The van der Waals surface area contributed by atoms with Crippen LogP contribution < -0.4 is 14.9 Å². The van der Waals surface area contributed by atoms with Crippen molar-refractivity contribution < 1.29 is 19.1 Å². The Balaban J connectivity index is 1.55. The molecule has 0 spiro atoms. The monoisotopic (exact) mass is 441 g/mol.